The minimum Gasteiger partial charge on any atom is -0.465 e. The maximum atomic E-state index is 12.4. The normalized spacial score (nSPS) is 12.3. The van der Waals surface area contributed by atoms with Crippen LogP contribution in [-0.4, -0.2) is 141 Å². The number of nitrogens with zero attached hydrogens (tertiary/aromatic N) is 1. The predicted octanol–water partition coefficient (Wildman–Crippen LogP) is 27.5. The van der Waals surface area contributed by atoms with Crippen molar-refractivity contribution in [2.24, 2.45) is 53.3 Å². The van der Waals surface area contributed by atoms with Gasteiger partial charge in [-0.05, 0) is 138 Å². The molecule has 5 aliphatic carbocycles. The summed E-state index contributed by atoms with van der Waals surface area (Å²) in [7, 11) is 1.65. The number of hydrogen-bond donors (Lipinski definition) is 1. The number of esters is 4. The average molecular weight is 2030 g/mol. The second-order valence-electron chi connectivity index (χ2n) is 40.4. The van der Waals surface area contributed by atoms with E-state index in [1.165, 1.54) is 82.8 Å². The lowest BCUT2D eigenvalue weighted by atomic mass is 9.98. The predicted molar refractivity (Wildman–Crippen MR) is 593 cm³/mol. The Hall–Kier alpha value is -13.5. The average Bonchev–Trinajstić information content (AvgIpc) is 1.63. The van der Waals surface area contributed by atoms with Crippen LogP contribution in [0.1, 0.15) is 266 Å². The maximum Gasteiger partial charge on any atom is 0.409 e. The minimum atomic E-state index is -0.445. The summed E-state index contributed by atoms with van der Waals surface area (Å²) in [6, 6.07) is 83.4. The van der Waals surface area contributed by atoms with Gasteiger partial charge in [0.15, 0.2) is 17.3 Å². The summed E-state index contributed by atoms with van der Waals surface area (Å²) in [5, 5.41) is 2.80. The fourth-order valence-electron chi connectivity index (χ4n) is 16.8. The Labute approximate surface area is 882 Å². The third kappa shape index (κ3) is 37.4. The van der Waals surface area contributed by atoms with E-state index in [1.807, 2.05) is 249 Å². The largest absolute Gasteiger partial charge is 0.465 e. The summed E-state index contributed by atoms with van der Waals surface area (Å²) >= 11 is 1.68. The first kappa shape index (κ1) is 120. The smallest absolute Gasteiger partial charge is 0.409 e. The number of carbonyl (C=O) groups excluding carboxylic acids is 12. The Morgan fingerprint density at radius 1 is 0.345 bits per heavy atom. The molecule has 0 aliphatic heterocycles. The Morgan fingerprint density at radius 3 is 1.07 bits per heavy atom. The van der Waals surface area contributed by atoms with Gasteiger partial charge in [0.2, 0.25) is 0 Å². The molecule has 148 heavy (non-hydrogen) atoms. The molecule has 0 saturated heterocycles. The molecule has 0 atom stereocenters. The highest BCUT2D eigenvalue weighted by Crippen LogP contribution is 2.49. The molecule has 0 heterocycles. The molecular weight excluding hydrogens is 1870 g/mol. The van der Waals surface area contributed by atoms with E-state index in [4.69, 9.17) is 28.4 Å². The Bertz CT molecular complexity index is 5920. The molecule has 15 rings (SSSR count). The number of ketones is 6. The number of hydrogen-bond acceptors (Lipinski definition) is 19. The zero-order valence-electron chi connectivity index (χ0n) is 90.3. The van der Waals surface area contributed by atoms with Crippen LogP contribution in [0.3, 0.4) is 0 Å². The summed E-state index contributed by atoms with van der Waals surface area (Å²) in [6.45, 7) is 36.8. The van der Waals surface area contributed by atoms with Gasteiger partial charge in [0.25, 0.3) is 0 Å². The van der Waals surface area contributed by atoms with E-state index < -0.39 is 18.2 Å². The summed E-state index contributed by atoms with van der Waals surface area (Å²) in [5.41, 5.74) is 23.0. The number of carbonyl (C=O) groups is 12. The zero-order chi connectivity index (χ0) is 108. The molecule has 10 aromatic rings. The SMILES string of the molecule is CC(C)C(=O)C1=CCC=C1.CC(C)C(=O)CCCC(=O)OCC1c2ccccc2-c2ccccc21.CC(C)C(=O)COC(=O)CCCN(C)C(=O)OCC1c2ccccc2-c2ccccc21.CC(C)C(=O)Cc1ccccc1.CC(C)C(=O)OCC1c2ccccc2-c2ccccc21.CC(C)C(=O)c1ccc(CNC(=O)OCC2c3ccccc3-c3ccccc32)cc1.CC(C)CCC(=O)C(C)C.CSCCOC(=O)C(C)C. The van der Waals surface area contributed by atoms with Gasteiger partial charge in [-0.15, -0.1) is 0 Å². The van der Waals surface area contributed by atoms with Gasteiger partial charge in [-0.1, -0.05) is 392 Å². The van der Waals surface area contributed by atoms with Crippen LogP contribution in [0.2, 0.25) is 0 Å². The van der Waals surface area contributed by atoms with Crippen molar-refractivity contribution < 1.29 is 86.0 Å². The molecule has 0 saturated carbocycles. The number of fused-ring (bicyclic) bond motifs is 12. The van der Waals surface area contributed by atoms with E-state index in [9.17, 15) is 57.5 Å². The number of ether oxygens (including phenoxy) is 6. The third-order valence-corrected chi connectivity index (χ3v) is 26.4. The van der Waals surface area contributed by atoms with Crippen molar-refractivity contribution in [3.05, 3.63) is 334 Å². The molecule has 0 bridgehead atoms. The number of Topliss-reactive ketones (excluding diaryl/α,β-unsaturated/α-hetero) is 6. The second kappa shape index (κ2) is 61.9. The van der Waals surface area contributed by atoms with E-state index in [1.54, 1.807) is 44.8 Å². The fourth-order valence-corrected chi connectivity index (χ4v) is 17.1. The quantitative estimate of drug-likeness (QED) is 0.0163. The lowest BCUT2D eigenvalue weighted by Crippen LogP contribution is -2.30. The molecule has 0 aromatic heterocycles. The summed E-state index contributed by atoms with van der Waals surface area (Å²) in [6.07, 6.45) is 12.2. The number of nitrogens with one attached hydrogen (secondary N) is 1. The van der Waals surface area contributed by atoms with Crippen molar-refractivity contribution in [2.45, 2.75) is 213 Å². The lowest BCUT2D eigenvalue weighted by molar-refractivity contribution is -0.149. The van der Waals surface area contributed by atoms with Crippen LogP contribution in [0.4, 0.5) is 9.59 Å². The van der Waals surface area contributed by atoms with Crippen LogP contribution < -0.4 is 5.32 Å². The van der Waals surface area contributed by atoms with Crippen LogP contribution in [0.25, 0.3) is 44.5 Å². The van der Waals surface area contributed by atoms with Crippen LogP contribution in [0.5, 0.6) is 0 Å². The van der Waals surface area contributed by atoms with Crippen molar-refractivity contribution >= 4 is 82.5 Å². The van der Waals surface area contributed by atoms with E-state index in [0.717, 1.165) is 52.8 Å². The van der Waals surface area contributed by atoms with Gasteiger partial charge in [0.05, 0.1) is 11.8 Å². The summed E-state index contributed by atoms with van der Waals surface area (Å²) < 4.78 is 32.0. The lowest BCUT2D eigenvalue weighted by Gasteiger charge is -2.19. The van der Waals surface area contributed by atoms with Gasteiger partial charge in [-0.3, -0.25) is 47.9 Å². The van der Waals surface area contributed by atoms with E-state index >= 15 is 0 Å². The van der Waals surface area contributed by atoms with Gasteiger partial charge >= 0.3 is 36.1 Å². The highest BCUT2D eigenvalue weighted by atomic mass is 32.2. The molecule has 0 spiro atoms. The van der Waals surface area contributed by atoms with Crippen LogP contribution in [0, 0.1) is 53.3 Å². The molecule has 0 unspecified atom stereocenters. The van der Waals surface area contributed by atoms with E-state index in [0.29, 0.717) is 94.7 Å². The van der Waals surface area contributed by atoms with Crippen LogP contribution in [-0.2, 0) is 84.5 Å². The monoisotopic (exact) mass is 2030 g/mol. The first-order chi connectivity index (χ1) is 70.8. The topological polar surface area (TPSA) is 275 Å². The highest BCUT2D eigenvalue weighted by Gasteiger charge is 2.35. The van der Waals surface area contributed by atoms with Gasteiger partial charge in [0, 0.05) is 128 Å². The van der Waals surface area contributed by atoms with Gasteiger partial charge in [0.1, 0.15) is 57.0 Å². The fraction of sp³-hybridized carbons (Fsp3) is 0.402. The Morgan fingerprint density at radius 2 is 0.703 bits per heavy atom. The molecule has 0 fully saturated rings. The Balaban J connectivity index is 0.000000214. The zero-order valence-corrected chi connectivity index (χ0v) is 91.2. The van der Waals surface area contributed by atoms with Crippen molar-refractivity contribution in [3.8, 4) is 44.5 Å². The second-order valence-corrected chi connectivity index (χ2v) is 41.4. The molecular formula is C127H154N2O18S. The standard InChI is InChI=1S/C26H25NO3.C25H29NO5.C22H24O3.C18H18O2.C11H14O.C9H12O.C9H18O.C7H14O2S/c1-17(2)25(28)19-13-11-18(12-14-19)15-27-26(29)30-16-24-22-9-5-3-7-20(22)21-8-4-6-10-23(21)24;1-17(2)23(27)16-30-24(28)13-8-14-26(3)25(29)31-15-22-20-11-6-4-9-18(20)19-10-5-7-12-21(19)22;1-15(2)21(23)12-7-13-22(24)25-14-20-18-10-5-3-8-16(18)17-9-4-6-11-19(17)20;1-12(2)18(19)20-11-17-15-9-5-3-7-13(15)14-8-4-6-10-16(14)17;1-9(2)11(12)8-10-6-4-3-5-7-10;1-7(2)9(10)8-5-3-4-6-8;1-7(2)5-6-9(10)8(3)4;1-6(2)7(8)9-4-5-10-3/h3-14,17,24H,15-16H2,1-2H3,(H,27,29);4-7,9-12,17,22H,8,13-16H2,1-3H3;3-6,8-11,15,20H,7,12-14H2,1-2H3;3-10,12,17H,11H2,1-2H3;3-7,9H,8H2,1-2H3;3,5-7H,4H2,1-2H3;7-8H,5-6H2,1-4H3;6H,4-5H2,1-3H3. The molecule has 21 heteroatoms. The molecule has 2 amide bonds. The molecule has 786 valence electrons. The molecule has 1 N–H and O–H groups in total. The van der Waals surface area contributed by atoms with Crippen LogP contribution in [0.15, 0.2) is 273 Å². The molecule has 20 nitrogen and oxygen atoms in total. The number of amides is 2. The van der Waals surface area contributed by atoms with E-state index in [-0.39, 0.29) is 132 Å². The molecule has 5 aliphatic rings. The van der Waals surface area contributed by atoms with Crippen molar-refractivity contribution in [3.63, 3.8) is 0 Å². The van der Waals surface area contributed by atoms with Crippen molar-refractivity contribution in [1.29, 1.82) is 0 Å². The molecule has 10 aromatic carbocycles. The van der Waals surface area contributed by atoms with E-state index in [2.05, 4.69) is 128 Å². The maximum absolute atomic E-state index is 12.4. The number of benzene rings is 10. The summed E-state index contributed by atoms with van der Waals surface area (Å²) in [4.78, 5) is 141. The Kier molecular flexibility index (Phi) is 50.1. The van der Waals surface area contributed by atoms with Crippen molar-refractivity contribution in [1.82, 2.24) is 10.2 Å². The van der Waals surface area contributed by atoms with Crippen molar-refractivity contribution in [2.75, 3.05) is 65.2 Å². The summed E-state index contributed by atoms with van der Waals surface area (Å²) in [5.74, 6) is 2.38. The minimum absolute atomic E-state index is 0.00172. The van der Waals surface area contributed by atoms with Gasteiger partial charge in [-0.25, -0.2) is 9.59 Å². The number of allylic oxidation sites excluding steroid dienone is 4. The number of thioether (sulfide) groups is 1. The third-order valence-electron chi connectivity index (χ3n) is 25.8. The number of rotatable bonds is 38. The number of alkyl carbamates (subject to hydrolysis) is 1. The van der Waals surface area contributed by atoms with Gasteiger partial charge in [-0.2, -0.15) is 11.8 Å². The molecule has 0 radical (unpaired) electrons. The first-order valence-corrected chi connectivity index (χ1v) is 53.5. The van der Waals surface area contributed by atoms with Gasteiger partial charge < -0.3 is 38.6 Å². The van der Waals surface area contributed by atoms with Crippen LogP contribution >= 0.6 is 11.8 Å². The first-order valence-electron chi connectivity index (χ1n) is 52.2. The highest BCUT2D eigenvalue weighted by molar-refractivity contribution is 7.98.